The summed E-state index contributed by atoms with van der Waals surface area (Å²) >= 11 is 2.31. The first-order chi connectivity index (χ1) is 7.61. The highest BCUT2D eigenvalue weighted by Crippen LogP contribution is 2.12. The number of ether oxygens (including phenoxy) is 1. The van der Waals surface area contributed by atoms with Gasteiger partial charge < -0.3 is 10.5 Å². The summed E-state index contributed by atoms with van der Waals surface area (Å²) in [4.78, 5) is 0. The van der Waals surface area contributed by atoms with Gasteiger partial charge >= 0.3 is 0 Å². The van der Waals surface area contributed by atoms with E-state index in [2.05, 4.69) is 53.8 Å². The van der Waals surface area contributed by atoms with Gasteiger partial charge in [0.15, 0.2) is 0 Å². The van der Waals surface area contributed by atoms with Crippen molar-refractivity contribution >= 4 is 22.6 Å². The van der Waals surface area contributed by atoms with Gasteiger partial charge in [-0.25, -0.2) is 0 Å². The minimum absolute atomic E-state index is 0.227. The average molecular weight is 333 g/mol. The summed E-state index contributed by atoms with van der Waals surface area (Å²) in [5.74, 6) is 0.531. The van der Waals surface area contributed by atoms with Crippen molar-refractivity contribution in [1.82, 2.24) is 0 Å². The Hall–Kier alpha value is -0.130. The largest absolute Gasteiger partial charge is 0.384 e. The second kappa shape index (κ2) is 7.25. The number of rotatable bonds is 6. The Morgan fingerprint density at radius 2 is 1.94 bits per heavy atom. The van der Waals surface area contributed by atoms with Gasteiger partial charge in [0, 0.05) is 23.3 Å². The molecule has 0 amide bonds. The molecule has 3 heteroatoms. The van der Waals surface area contributed by atoms with Crippen LogP contribution < -0.4 is 5.73 Å². The highest BCUT2D eigenvalue weighted by atomic mass is 127. The maximum atomic E-state index is 6.12. The molecule has 0 aromatic heterocycles. The third kappa shape index (κ3) is 5.27. The maximum Gasteiger partial charge on any atom is 0.0488 e. The quantitative estimate of drug-likeness (QED) is 0.813. The number of benzene rings is 1. The lowest BCUT2D eigenvalue weighted by atomic mass is 9.97. The fourth-order valence-electron chi connectivity index (χ4n) is 1.88. The van der Waals surface area contributed by atoms with Crippen LogP contribution in [0.4, 0.5) is 0 Å². The van der Waals surface area contributed by atoms with E-state index in [-0.39, 0.29) is 6.04 Å². The lowest BCUT2D eigenvalue weighted by Crippen LogP contribution is -2.26. The van der Waals surface area contributed by atoms with E-state index in [1.807, 2.05) is 0 Å². The molecule has 0 bridgehead atoms. The van der Waals surface area contributed by atoms with Crippen LogP contribution >= 0.6 is 22.6 Å². The predicted molar refractivity (Wildman–Crippen MR) is 76.5 cm³/mol. The van der Waals surface area contributed by atoms with Gasteiger partial charge in [-0.1, -0.05) is 19.1 Å². The Bertz CT molecular complexity index is 299. The molecule has 1 aromatic rings. The summed E-state index contributed by atoms with van der Waals surface area (Å²) in [6, 6.07) is 8.79. The van der Waals surface area contributed by atoms with E-state index in [1.165, 1.54) is 9.13 Å². The van der Waals surface area contributed by atoms with E-state index in [0.717, 1.165) is 19.4 Å². The summed E-state index contributed by atoms with van der Waals surface area (Å²) in [5, 5.41) is 0. The van der Waals surface area contributed by atoms with Crippen LogP contribution in [0.2, 0.25) is 0 Å². The highest BCUT2D eigenvalue weighted by Gasteiger charge is 2.09. The van der Waals surface area contributed by atoms with Gasteiger partial charge in [-0.15, -0.1) is 0 Å². The SMILES string of the molecule is COCC(C)CC(N)Cc1ccc(I)cc1. The number of nitrogens with two attached hydrogens (primary N) is 1. The summed E-state index contributed by atoms with van der Waals surface area (Å²) in [7, 11) is 1.74. The van der Waals surface area contributed by atoms with Crippen LogP contribution in [0.15, 0.2) is 24.3 Å². The molecule has 0 radical (unpaired) electrons. The van der Waals surface area contributed by atoms with E-state index in [1.54, 1.807) is 7.11 Å². The molecule has 1 rings (SSSR count). The van der Waals surface area contributed by atoms with Crippen LogP contribution in [0.1, 0.15) is 18.9 Å². The predicted octanol–water partition coefficient (Wildman–Crippen LogP) is 2.83. The molecule has 2 atom stereocenters. The first kappa shape index (κ1) is 13.9. The van der Waals surface area contributed by atoms with Crippen molar-refractivity contribution in [2.45, 2.75) is 25.8 Å². The molecular formula is C13H20INO. The van der Waals surface area contributed by atoms with E-state index in [9.17, 15) is 0 Å². The highest BCUT2D eigenvalue weighted by molar-refractivity contribution is 14.1. The zero-order valence-electron chi connectivity index (χ0n) is 9.95. The molecule has 2 N–H and O–H groups in total. The standard InChI is InChI=1S/C13H20INO/c1-10(9-16-2)7-13(15)8-11-3-5-12(14)6-4-11/h3-6,10,13H,7-9,15H2,1-2H3. The molecule has 90 valence electrons. The third-order valence-corrected chi connectivity index (χ3v) is 3.29. The molecule has 0 fully saturated rings. The monoisotopic (exact) mass is 333 g/mol. The molecule has 0 aliphatic heterocycles. The van der Waals surface area contributed by atoms with Gasteiger partial charge in [-0.2, -0.15) is 0 Å². The van der Waals surface area contributed by atoms with Crippen molar-refractivity contribution in [1.29, 1.82) is 0 Å². The van der Waals surface area contributed by atoms with Gasteiger partial charge in [-0.3, -0.25) is 0 Å². The molecule has 1 aromatic carbocycles. The summed E-state index contributed by atoms with van der Waals surface area (Å²) in [6.45, 7) is 2.97. The fourth-order valence-corrected chi connectivity index (χ4v) is 2.24. The smallest absolute Gasteiger partial charge is 0.0488 e. The Kier molecular flexibility index (Phi) is 6.31. The van der Waals surface area contributed by atoms with Crippen LogP contribution in [0.25, 0.3) is 0 Å². The lowest BCUT2D eigenvalue weighted by molar-refractivity contribution is 0.152. The van der Waals surface area contributed by atoms with Gasteiger partial charge in [0.25, 0.3) is 0 Å². The van der Waals surface area contributed by atoms with Crippen molar-refractivity contribution in [3.05, 3.63) is 33.4 Å². The Balaban J connectivity index is 2.39. The molecule has 0 aliphatic rings. The van der Waals surface area contributed by atoms with Gasteiger partial charge in [0.05, 0.1) is 0 Å². The van der Waals surface area contributed by atoms with Crippen LogP contribution in [0.5, 0.6) is 0 Å². The lowest BCUT2D eigenvalue weighted by Gasteiger charge is -2.16. The summed E-state index contributed by atoms with van der Waals surface area (Å²) in [6.07, 6.45) is 1.96. The third-order valence-electron chi connectivity index (χ3n) is 2.57. The number of hydrogen-bond donors (Lipinski definition) is 1. The Morgan fingerprint density at radius 1 is 1.31 bits per heavy atom. The van der Waals surface area contributed by atoms with Crippen LogP contribution in [-0.2, 0) is 11.2 Å². The normalized spacial score (nSPS) is 14.8. The Labute approximate surface area is 112 Å². The minimum Gasteiger partial charge on any atom is -0.384 e. The van der Waals surface area contributed by atoms with Crippen LogP contribution in [-0.4, -0.2) is 19.8 Å². The van der Waals surface area contributed by atoms with E-state index < -0.39 is 0 Å². The van der Waals surface area contributed by atoms with E-state index in [4.69, 9.17) is 10.5 Å². The number of methoxy groups -OCH3 is 1. The van der Waals surface area contributed by atoms with Crippen molar-refractivity contribution in [2.24, 2.45) is 11.7 Å². The topological polar surface area (TPSA) is 35.2 Å². The molecule has 2 unspecified atom stereocenters. The molecular weight excluding hydrogens is 313 g/mol. The van der Waals surface area contributed by atoms with Crippen molar-refractivity contribution < 1.29 is 4.74 Å². The summed E-state index contributed by atoms with van der Waals surface area (Å²) < 4.78 is 6.38. The molecule has 0 saturated carbocycles. The van der Waals surface area contributed by atoms with Crippen molar-refractivity contribution in [2.75, 3.05) is 13.7 Å². The fraction of sp³-hybridized carbons (Fsp3) is 0.538. The Morgan fingerprint density at radius 3 is 2.50 bits per heavy atom. The molecule has 0 saturated heterocycles. The molecule has 0 heterocycles. The molecule has 0 spiro atoms. The maximum absolute atomic E-state index is 6.12. The van der Waals surface area contributed by atoms with E-state index >= 15 is 0 Å². The second-order valence-electron chi connectivity index (χ2n) is 4.39. The van der Waals surface area contributed by atoms with Gasteiger partial charge in [0.2, 0.25) is 0 Å². The van der Waals surface area contributed by atoms with Crippen LogP contribution in [0.3, 0.4) is 0 Å². The minimum atomic E-state index is 0.227. The van der Waals surface area contributed by atoms with Crippen molar-refractivity contribution in [3.63, 3.8) is 0 Å². The van der Waals surface area contributed by atoms with Crippen molar-refractivity contribution in [3.8, 4) is 0 Å². The van der Waals surface area contributed by atoms with E-state index in [0.29, 0.717) is 5.92 Å². The number of hydrogen-bond acceptors (Lipinski definition) is 2. The first-order valence-corrected chi connectivity index (χ1v) is 6.68. The first-order valence-electron chi connectivity index (χ1n) is 5.60. The average Bonchev–Trinajstić information content (AvgIpc) is 2.21. The summed E-state index contributed by atoms with van der Waals surface area (Å²) in [5.41, 5.74) is 7.43. The molecule has 2 nitrogen and oxygen atoms in total. The molecule has 16 heavy (non-hydrogen) atoms. The van der Waals surface area contributed by atoms with Gasteiger partial charge in [-0.05, 0) is 59.0 Å². The zero-order chi connectivity index (χ0) is 12.0. The van der Waals surface area contributed by atoms with Gasteiger partial charge in [0.1, 0.15) is 0 Å². The molecule has 0 aliphatic carbocycles. The zero-order valence-corrected chi connectivity index (χ0v) is 12.1. The number of halogens is 1. The second-order valence-corrected chi connectivity index (χ2v) is 5.63. The van der Waals surface area contributed by atoms with Crippen LogP contribution in [0, 0.1) is 9.49 Å².